The van der Waals surface area contributed by atoms with Crippen molar-refractivity contribution >= 4 is 23.5 Å². The molecule has 2 aliphatic heterocycles. The highest BCUT2D eigenvalue weighted by Gasteiger charge is 2.38. The number of carboxylic acid groups (broad SMARTS) is 1. The van der Waals surface area contributed by atoms with Crippen molar-refractivity contribution in [3.8, 4) is 0 Å². The van der Waals surface area contributed by atoms with E-state index in [9.17, 15) is 22.8 Å². The molecule has 9 nitrogen and oxygen atoms in total. The van der Waals surface area contributed by atoms with E-state index in [0.717, 1.165) is 50.9 Å². The van der Waals surface area contributed by atoms with Crippen molar-refractivity contribution in [3.63, 3.8) is 0 Å². The molecule has 2 saturated heterocycles. The van der Waals surface area contributed by atoms with Gasteiger partial charge in [0.25, 0.3) is 11.8 Å². The number of carboxylic acids is 1. The van der Waals surface area contributed by atoms with Crippen LogP contribution in [-0.2, 0) is 20.9 Å². The molecule has 196 valence electrons. The zero-order chi connectivity index (χ0) is 26.3. The molecule has 2 amide bonds. The van der Waals surface area contributed by atoms with E-state index in [1.165, 1.54) is 0 Å². The minimum Gasteiger partial charge on any atom is -0.475 e. The van der Waals surface area contributed by atoms with Gasteiger partial charge in [-0.15, -0.1) is 0 Å². The van der Waals surface area contributed by atoms with Crippen LogP contribution in [0.3, 0.4) is 0 Å². The second-order valence-corrected chi connectivity index (χ2v) is 8.84. The van der Waals surface area contributed by atoms with Gasteiger partial charge in [0.2, 0.25) is 0 Å². The van der Waals surface area contributed by atoms with E-state index >= 15 is 0 Å². The summed E-state index contributed by atoms with van der Waals surface area (Å²) in [6, 6.07) is 5.54. The number of alkyl halides is 3. The van der Waals surface area contributed by atoms with Crippen LogP contribution in [0.25, 0.3) is 0 Å². The van der Waals surface area contributed by atoms with Crippen LogP contribution in [-0.4, -0.2) is 69.3 Å². The molecule has 0 spiro atoms. The number of carbonyl (C=O) groups excluding carboxylic acids is 2. The Morgan fingerprint density at radius 2 is 1.97 bits per heavy atom. The maximum atomic E-state index is 13.1. The molecule has 0 bridgehead atoms. The molecule has 0 aliphatic carbocycles. The van der Waals surface area contributed by atoms with Crippen LogP contribution < -0.4 is 5.32 Å². The molecular formula is C24H29F3N4O5. The summed E-state index contributed by atoms with van der Waals surface area (Å²) >= 11 is 0. The number of hydrogen-bond acceptors (Lipinski definition) is 5. The first kappa shape index (κ1) is 27.2. The number of likely N-dealkylation sites (tertiary alicyclic amines) is 1. The Morgan fingerprint density at radius 3 is 2.58 bits per heavy atom. The molecule has 2 aliphatic rings. The Hall–Kier alpha value is -3.41. The number of amides is 2. The average Bonchev–Trinajstić information content (AvgIpc) is 3.55. The molecule has 2 unspecified atom stereocenters. The molecule has 1 aromatic carbocycles. The summed E-state index contributed by atoms with van der Waals surface area (Å²) < 4.78 is 39.3. The van der Waals surface area contributed by atoms with Gasteiger partial charge < -0.3 is 24.6 Å². The number of nitrogens with zero attached hydrogens (tertiary/aromatic N) is 3. The van der Waals surface area contributed by atoms with Gasteiger partial charge in [-0.05, 0) is 56.2 Å². The molecule has 12 heteroatoms. The maximum absolute atomic E-state index is 13.1. The fourth-order valence-corrected chi connectivity index (χ4v) is 4.16. The Kier molecular flexibility index (Phi) is 9.08. The van der Waals surface area contributed by atoms with Gasteiger partial charge in [-0.25, -0.2) is 9.78 Å². The number of benzene rings is 1. The van der Waals surface area contributed by atoms with Gasteiger partial charge in [0, 0.05) is 49.9 Å². The lowest BCUT2D eigenvalue weighted by molar-refractivity contribution is -0.192. The van der Waals surface area contributed by atoms with E-state index < -0.39 is 12.1 Å². The van der Waals surface area contributed by atoms with Crippen molar-refractivity contribution in [1.29, 1.82) is 0 Å². The number of aryl methyl sites for hydroxylation is 1. The predicted octanol–water partition coefficient (Wildman–Crippen LogP) is 3.49. The van der Waals surface area contributed by atoms with Gasteiger partial charge in [-0.2, -0.15) is 13.2 Å². The number of carbonyl (C=O) groups is 3. The van der Waals surface area contributed by atoms with Crippen LogP contribution in [0.4, 0.5) is 18.9 Å². The lowest BCUT2D eigenvalue weighted by Gasteiger charge is -2.33. The fraction of sp³-hybridized carbons (Fsp3) is 0.500. The maximum Gasteiger partial charge on any atom is 0.490 e. The first-order valence-electron chi connectivity index (χ1n) is 11.6. The number of aromatic nitrogens is 2. The van der Waals surface area contributed by atoms with Crippen LogP contribution in [0.2, 0.25) is 0 Å². The Balaban J connectivity index is 0.000000454. The SMILES string of the molecule is Cc1ccc(C(=O)N2CCCC(Cn3ccnc3)C2)cc1NC(=O)C1CCCO1.O=C(O)C(F)(F)F. The smallest absolute Gasteiger partial charge is 0.475 e. The van der Waals surface area contributed by atoms with E-state index in [4.69, 9.17) is 14.6 Å². The molecular weight excluding hydrogens is 481 g/mol. The number of nitrogens with one attached hydrogen (secondary N) is 1. The number of piperidine rings is 1. The van der Waals surface area contributed by atoms with Gasteiger partial charge in [-0.1, -0.05) is 6.07 Å². The van der Waals surface area contributed by atoms with Crippen LogP contribution in [0, 0.1) is 12.8 Å². The predicted molar refractivity (Wildman–Crippen MR) is 123 cm³/mol. The van der Waals surface area contributed by atoms with Crippen molar-refractivity contribution in [2.24, 2.45) is 5.92 Å². The van der Waals surface area contributed by atoms with Crippen molar-refractivity contribution in [3.05, 3.63) is 48.0 Å². The number of anilines is 1. The third kappa shape index (κ3) is 7.54. The van der Waals surface area contributed by atoms with Gasteiger partial charge in [0.1, 0.15) is 6.10 Å². The minimum absolute atomic E-state index is 0.0212. The first-order valence-corrected chi connectivity index (χ1v) is 11.6. The van der Waals surface area contributed by atoms with Crippen molar-refractivity contribution in [1.82, 2.24) is 14.5 Å². The number of ether oxygens (including phenoxy) is 1. The monoisotopic (exact) mass is 510 g/mol. The third-order valence-electron chi connectivity index (χ3n) is 6.04. The average molecular weight is 511 g/mol. The second-order valence-electron chi connectivity index (χ2n) is 8.84. The van der Waals surface area contributed by atoms with Crippen molar-refractivity contribution < 1.29 is 37.4 Å². The minimum atomic E-state index is -5.08. The Bertz CT molecular complexity index is 1050. The summed E-state index contributed by atoms with van der Waals surface area (Å²) in [5, 5.41) is 10.1. The highest BCUT2D eigenvalue weighted by molar-refractivity contribution is 5.99. The topological polar surface area (TPSA) is 114 Å². The summed E-state index contributed by atoms with van der Waals surface area (Å²) in [6.45, 7) is 4.94. The summed E-state index contributed by atoms with van der Waals surface area (Å²) in [7, 11) is 0. The molecule has 1 aromatic heterocycles. The quantitative estimate of drug-likeness (QED) is 0.637. The molecule has 36 heavy (non-hydrogen) atoms. The number of aliphatic carboxylic acids is 1. The molecule has 2 aromatic rings. The number of imidazole rings is 1. The van der Waals surface area contributed by atoms with Crippen molar-refractivity contribution in [2.75, 3.05) is 25.0 Å². The largest absolute Gasteiger partial charge is 0.490 e. The van der Waals surface area contributed by atoms with E-state index in [-0.39, 0.29) is 17.9 Å². The number of hydrogen-bond donors (Lipinski definition) is 2. The van der Waals surface area contributed by atoms with E-state index in [1.807, 2.05) is 36.5 Å². The number of rotatable bonds is 5. The highest BCUT2D eigenvalue weighted by atomic mass is 19.4. The molecule has 0 saturated carbocycles. The Morgan fingerprint density at radius 1 is 1.22 bits per heavy atom. The zero-order valence-corrected chi connectivity index (χ0v) is 19.8. The summed E-state index contributed by atoms with van der Waals surface area (Å²) in [5.41, 5.74) is 2.23. The van der Waals surface area contributed by atoms with Crippen LogP contribution in [0.1, 0.15) is 41.6 Å². The molecule has 0 radical (unpaired) electrons. The number of halogens is 3. The highest BCUT2D eigenvalue weighted by Crippen LogP contribution is 2.24. The lowest BCUT2D eigenvalue weighted by atomic mass is 9.97. The normalized spacial score (nSPS) is 19.8. The van der Waals surface area contributed by atoms with Crippen LogP contribution >= 0.6 is 0 Å². The summed E-state index contributed by atoms with van der Waals surface area (Å²) in [4.78, 5) is 40.5. The molecule has 2 N–H and O–H groups in total. The van der Waals surface area contributed by atoms with Gasteiger partial charge in [0.05, 0.1) is 6.33 Å². The molecule has 3 heterocycles. The van der Waals surface area contributed by atoms with Crippen LogP contribution in [0.15, 0.2) is 36.9 Å². The standard InChI is InChI=1S/C22H28N4O3.C2HF3O2/c1-16-6-7-18(12-19(16)24-21(27)20-5-3-11-29-20)22(28)26-9-2-4-17(14-26)13-25-10-8-23-15-25;3-2(4,5)1(6)7/h6-8,10,12,15,17,20H,2-5,9,11,13-14H2,1H3,(H,24,27);(H,6,7). The lowest BCUT2D eigenvalue weighted by Crippen LogP contribution is -2.41. The molecule has 2 atom stereocenters. The Labute approximate surface area is 206 Å². The molecule has 2 fully saturated rings. The summed E-state index contributed by atoms with van der Waals surface area (Å²) in [5.74, 6) is -2.44. The van der Waals surface area contributed by atoms with Crippen LogP contribution in [0.5, 0.6) is 0 Å². The van der Waals surface area contributed by atoms with Crippen molar-refractivity contribution in [2.45, 2.75) is 51.4 Å². The first-order chi connectivity index (χ1) is 17.0. The molecule has 4 rings (SSSR count). The van der Waals surface area contributed by atoms with E-state index in [0.29, 0.717) is 23.8 Å². The third-order valence-corrected chi connectivity index (χ3v) is 6.04. The van der Waals surface area contributed by atoms with E-state index in [2.05, 4.69) is 14.9 Å². The van der Waals surface area contributed by atoms with E-state index in [1.54, 1.807) is 12.3 Å². The fourth-order valence-electron chi connectivity index (χ4n) is 4.16. The second kappa shape index (κ2) is 12.0. The van der Waals surface area contributed by atoms with Gasteiger partial charge in [0.15, 0.2) is 0 Å². The van der Waals surface area contributed by atoms with Gasteiger partial charge in [-0.3, -0.25) is 9.59 Å². The summed E-state index contributed by atoms with van der Waals surface area (Å²) in [6.07, 6.45) is 3.86. The zero-order valence-electron chi connectivity index (χ0n) is 19.8. The van der Waals surface area contributed by atoms with Gasteiger partial charge >= 0.3 is 12.1 Å².